The lowest BCUT2D eigenvalue weighted by Gasteiger charge is -2.13. The summed E-state index contributed by atoms with van der Waals surface area (Å²) < 4.78 is 13.1. The van der Waals surface area contributed by atoms with Gasteiger partial charge in [-0.25, -0.2) is 4.79 Å². The highest BCUT2D eigenvalue weighted by atomic mass is 16.5. The minimum Gasteiger partial charge on any atom is -0.494 e. The van der Waals surface area contributed by atoms with E-state index in [1.807, 2.05) is 26.0 Å². The number of hydrogen-bond acceptors (Lipinski definition) is 5. The number of hydrogen-bond donors (Lipinski definition) is 1. The fourth-order valence-corrected chi connectivity index (χ4v) is 2.98. The molecule has 152 valence electrons. The monoisotopic (exact) mass is 396 g/mol. The fourth-order valence-electron chi connectivity index (χ4n) is 2.98. The minimum absolute atomic E-state index is 0.105. The first-order valence-corrected chi connectivity index (χ1v) is 9.49. The highest BCUT2D eigenvalue weighted by Crippen LogP contribution is 2.15. The summed E-state index contributed by atoms with van der Waals surface area (Å²) in [6.07, 6.45) is 0. The molecule has 0 saturated heterocycles. The fraction of sp³-hybridized carbons (Fsp3) is 0.273. The van der Waals surface area contributed by atoms with Gasteiger partial charge in [0, 0.05) is 0 Å². The number of nitrogens with zero attached hydrogens (tertiary/aromatic N) is 2. The second-order valence-corrected chi connectivity index (χ2v) is 6.45. The minimum atomic E-state index is -0.572. The van der Waals surface area contributed by atoms with Crippen LogP contribution in [0.5, 0.6) is 17.4 Å². The van der Waals surface area contributed by atoms with Gasteiger partial charge in [-0.3, -0.25) is 13.9 Å². The van der Waals surface area contributed by atoms with Crippen molar-refractivity contribution in [2.45, 2.75) is 26.9 Å². The van der Waals surface area contributed by atoms with Crippen molar-refractivity contribution >= 4 is 0 Å². The van der Waals surface area contributed by atoms with Crippen LogP contribution in [0.15, 0.2) is 64.2 Å². The third kappa shape index (κ3) is 4.87. The maximum Gasteiger partial charge on any atom is 0.334 e. The Bertz CT molecular complexity index is 1070. The zero-order chi connectivity index (χ0) is 20.8. The van der Waals surface area contributed by atoms with E-state index in [9.17, 15) is 14.7 Å². The van der Waals surface area contributed by atoms with Crippen LogP contribution in [-0.2, 0) is 13.1 Å². The smallest absolute Gasteiger partial charge is 0.334 e. The molecule has 29 heavy (non-hydrogen) atoms. The number of ether oxygens (including phenoxy) is 2. The van der Waals surface area contributed by atoms with Crippen LogP contribution in [0.25, 0.3) is 0 Å². The summed E-state index contributed by atoms with van der Waals surface area (Å²) >= 11 is 0. The van der Waals surface area contributed by atoms with Crippen LogP contribution < -0.4 is 20.7 Å². The molecule has 0 aliphatic carbocycles. The molecule has 0 radical (unpaired) electrons. The standard InChI is InChI=1S/C22H24N2O5/c1-3-28-18-9-5-16(6-10-18)14-23-20(25)13-21(26)24(22(23)27)15-17-7-11-19(12-8-17)29-4-2/h5-13,25H,3-4,14-15H2,1-2H3. The van der Waals surface area contributed by atoms with E-state index in [1.165, 1.54) is 4.57 Å². The molecule has 7 heteroatoms. The van der Waals surface area contributed by atoms with Gasteiger partial charge in [0.25, 0.3) is 5.56 Å². The average molecular weight is 396 g/mol. The van der Waals surface area contributed by atoms with Crippen molar-refractivity contribution in [2.24, 2.45) is 0 Å². The van der Waals surface area contributed by atoms with Gasteiger partial charge < -0.3 is 14.6 Å². The topological polar surface area (TPSA) is 82.7 Å². The van der Waals surface area contributed by atoms with Gasteiger partial charge >= 0.3 is 5.69 Å². The molecule has 0 bridgehead atoms. The summed E-state index contributed by atoms with van der Waals surface area (Å²) in [5.74, 6) is 1.09. The SMILES string of the molecule is CCOc1ccc(Cn2c(O)cc(=O)n(Cc3ccc(OCC)cc3)c2=O)cc1. The molecule has 0 aliphatic rings. The normalized spacial score (nSPS) is 10.7. The van der Waals surface area contributed by atoms with E-state index >= 15 is 0 Å². The van der Waals surface area contributed by atoms with Crippen molar-refractivity contribution < 1.29 is 14.6 Å². The predicted molar refractivity (Wildman–Crippen MR) is 110 cm³/mol. The Morgan fingerprint density at radius 2 is 1.21 bits per heavy atom. The van der Waals surface area contributed by atoms with Gasteiger partial charge in [0.1, 0.15) is 11.5 Å². The molecule has 3 rings (SSSR count). The molecule has 7 nitrogen and oxygen atoms in total. The van der Waals surface area contributed by atoms with Crippen LogP contribution in [0.3, 0.4) is 0 Å². The average Bonchev–Trinajstić information content (AvgIpc) is 2.71. The Kier molecular flexibility index (Phi) is 6.39. The molecule has 1 heterocycles. The lowest BCUT2D eigenvalue weighted by molar-refractivity contribution is 0.340. The van der Waals surface area contributed by atoms with Crippen LogP contribution in [0.2, 0.25) is 0 Å². The first-order chi connectivity index (χ1) is 14.0. The Balaban J connectivity index is 1.87. The third-order valence-corrected chi connectivity index (χ3v) is 4.41. The summed E-state index contributed by atoms with van der Waals surface area (Å²) in [4.78, 5) is 25.2. The zero-order valence-electron chi connectivity index (χ0n) is 16.5. The molecule has 0 amide bonds. The number of rotatable bonds is 8. The number of aromatic hydroxyl groups is 1. The zero-order valence-corrected chi connectivity index (χ0v) is 16.5. The van der Waals surface area contributed by atoms with Crippen molar-refractivity contribution in [3.05, 3.63) is 86.6 Å². The van der Waals surface area contributed by atoms with Gasteiger partial charge in [0.05, 0.1) is 32.4 Å². The van der Waals surface area contributed by atoms with Crippen LogP contribution in [-0.4, -0.2) is 27.5 Å². The van der Waals surface area contributed by atoms with Crippen molar-refractivity contribution in [1.82, 2.24) is 9.13 Å². The maximum atomic E-state index is 12.9. The molecule has 0 spiro atoms. The molecular weight excluding hydrogens is 372 g/mol. The largest absolute Gasteiger partial charge is 0.494 e. The van der Waals surface area contributed by atoms with Gasteiger partial charge in [0.2, 0.25) is 5.88 Å². The van der Waals surface area contributed by atoms with E-state index in [-0.39, 0.29) is 19.0 Å². The third-order valence-electron chi connectivity index (χ3n) is 4.41. The van der Waals surface area contributed by atoms with Crippen LogP contribution in [0, 0.1) is 0 Å². The number of aromatic nitrogens is 2. The maximum absolute atomic E-state index is 12.9. The molecule has 0 aliphatic heterocycles. The van der Waals surface area contributed by atoms with Crippen LogP contribution >= 0.6 is 0 Å². The van der Waals surface area contributed by atoms with Crippen LogP contribution in [0.4, 0.5) is 0 Å². The lowest BCUT2D eigenvalue weighted by atomic mass is 10.2. The summed E-state index contributed by atoms with van der Waals surface area (Å²) in [6.45, 7) is 5.17. The molecule has 0 unspecified atom stereocenters. The van der Waals surface area contributed by atoms with E-state index < -0.39 is 11.2 Å². The Hall–Kier alpha value is -3.48. The van der Waals surface area contributed by atoms with Gasteiger partial charge in [-0.05, 0) is 49.2 Å². The van der Waals surface area contributed by atoms with Crippen molar-refractivity contribution in [2.75, 3.05) is 13.2 Å². The Morgan fingerprint density at radius 1 is 0.759 bits per heavy atom. The Labute approximate surface area is 168 Å². The highest BCUT2D eigenvalue weighted by molar-refractivity contribution is 5.29. The highest BCUT2D eigenvalue weighted by Gasteiger charge is 2.12. The molecule has 0 fully saturated rings. The van der Waals surface area contributed by atoms with Crippen molar-refractivity contribution in [3.8, 4) is 17.4 Å². The number of benzene rings is 2. The van der Waals surface area contributed by atoms with Crippen molar-refractivity contribution in [1.29, 1.82) is 0 Å². The first-order valence-electron chi connectivity index (χ1n) is 9.49. The molecule has 3 aromatic rings. The summed E-state index contributed by atoms with van der Waals surface area (Å²) in [5.41, 5.74) is 0.463. The van der Waals surface area contributed by atoms with Crippen LogP contribution in [0.1, 0.15) is 25.0 Å². The van der Waals surface area contributed by atoms with Gasteiger partial charge in [-0.2, -0.15) is 0 Å². The molecular formula is C22H24N2O5. The quantitative estimate of drug-likeness (QED) is 0.633. The molecule has 0 saturated carbocycles. The van der Waals surface area contributed by atoms with Gasteiger partial charge in [-0.15, -0.1) is 0 Å². The van der Waals surface area contributed by atoms with E-state index in [0.29, 0.717) is 13.2 Å². The van der Waals surface area contributed by atoms with E-state index in [2.05, 4.69) is 0 Å². The second kappa shape index (κ2) is 9.14. The molecule has 1 aromatic heterocycles. The molecule has 0 atom stereocenters. The van der Waals surface area contributed by atoms with E-state index in [4.69, 9.17) is 9.47 Å². The lowest BCUT2D eigenvalue weighted by Crippen LogP contribution is -2.39. The summed E-state index contributed by atoms with van der Waals surface area (Å²) in [7, 11) is 0. The first kappa shape index (κ1) is 20.3. The Morgan fingerprint density at radius 3 is 1.66 bits per heavy atom. The van der Waals surface area contributed by atoms with Crippen molar-refractivity contribution in [3.63, 3.8) is 0 Å². The van der Waals surface area contributed by atoms with E-state index in [0.717, 1.165) is 33.3 Å². The van der Waals surface area contributed by atoms with Gasteiger partial charge in [-0.1, -0.05) is 24.3 Å². The summed E-state index contributed by atoms with van der Waals surface area (Å²) in [5, 5.41) is 10.2. The predicted octanol–water partition coefficient (Wildman–Crippen LogP) is 2.61. The van der Waals surface area contributed by atoms with E-state index in [1.54, 1.807) is 36.4 Å². The molecule has 1 N–H and O–H groups in total. The summed E-state index contributed by atoms with van der Waals surface area (Å²) in [6, 6.07) is 15.5. The van der Waals surface area contributed by atoms with Gasteiger partial charge in [0.15, 0.2) is 0 Å². The molecule has 2 aromatic carbocycles. The second-order valence-electron chi connectivity index (χ2n) is 6.45.